The van der Waals surface area contributed by atoms with Gasteiger partial charge in [0.05, 0.1) is 13.2 Å². The van der Waals surface area contributed by atoms with Crippen molar-refractivity contribution < 1.29 is 14.6 Å². The summed E-state index contributed by atoms with van der Waals surface area (Å²) in [4.78, 5) is 12.3. The van der Waals surface area contributed by atoms with E-state index in [1.54, 1.807) is 0 Å². The van der Waals surface area contributed by atoms with Gasteiger partial charge in [-0.05, 0) is 12.0 Å². The molecule has 0 saturated heterocycles. The summed E-state index contributed by atoms with van der Waals surface area (Å²) >= 11 is 0. The molecule has 1 heterocycles. The first-order valence-corrected chi connectivity index (χ1v) is 8.67. The van der Waals surface area contributed by atoms with E-state index in [0.717, 1.165) is 5.75 Å². The predicted molar refractivity (Wildman–Crippen MR) is 95.3 cm³/mol. The Morgan fingerprint density at radius 1 is 1.33 bits per heavy atom. The van der Waals surface area contributed by atoms with Gasteiger partial charge in [-0.3, -0.25) is 0 Å². The van der Waals surface area contributed by atoms with Crippen LogP contribution < -0.4 is 15.4 Å². The Bertz CT molecular complexity index is 571. The summed E-state index contributed by atoms with van der Waals surface area (Å²) in [7, 11) is 0. The summed E-state index contributed by atoms with van der Waals surface area (Å²) in [5.41, 5.74) is 0.810. The number of carbonyl (C=O) groups is 1. The van der Waals surface area contributed by atoms with E-state index in [0.29, 0.717) is 6.54 Å². The number of nitrogens with one attached hydrogen (secondary N) is 2. The highest BCUT2D eigenvalue weighted by molar-refractivity contribution is 5.74. The second kappa shape index (κ2) is 7.43. The van der Waals surface area contributed by atoms with Gasteiger partial charge < -0.3 is 20.5 Å². The summed E-state index contributed by atoms with van der Waals surface area (Å²) in [6.45, 7) is 10.6. The van der Waals surface area contributed by atoms with Gasteiger partial charge in [-0.2, -0.15) is 0 Å². The predicted octanol–water partition coefficient (Wildman–Crippen LogP) is 2.89. The minimum absolute atomic E-state index is 0.0220. The van der Waals surface area contributed by atoms with Crippen LogP contribution in [-0.4, -0.2) is 36.4 Å². The van der Waals surface area contributed by atoms with Gasteiger partial charge in [0.2, 0.25) is 0 Å². The molecular weight excluding hydrogens is 304 g/mol. The van der Waals surface area contributed by atoms with E-state index in [4.69, 9.17) is 4.74 Å². The fourth-order valence-electron chi connectivity index (χ4n) is 3.40. The molecule has 1 unspecified atom stereocenters. The number of rotatable bonds is 6. The maximum atomic E-state index is 12.3. The van der Waals surface area contributed by atoms with Gasteiger partial charge in [0.1, 0.15) is 11.9 Å². The lowest BCUT2D eigenvalue weighted by molar-refractivity contribution is 0.0968. The first-order valence-electron chi connectivity index (χ1n) is 8.67. The van der Waals surface area contributed by atoms with E-state index >= 15 is 0 Å². The third-order valence-corrected chi connectivity index (χ3v) is 4.91. The molecule has 1 aliphatic rings. The number of para-hydroxylation sites is 1. The number of benzene rings is 1. The number of ether oxygens (including phenoxy) is 1. The Hall–Kier alpha value is -1.75. The largest absolute Gasteiger partial charge is 0.488 e. The zero-order valence-electron chi connectivity index (χ0n) is 15.3. The molecule has 1 aliphatic heterocycles. The standard InChI is InChI=1S/C19H30N2O3/c1-12(2)17(19(4,5)11-22)21-18(23)20-10-16-13(3)14-8-6-7-9-15(14)24-16/h6-9,12-13,16-17,22H,10-11H2,1-5H3,(H2,20,21,23)/t13-,16-,17?/m0/s1. The van der Waals surface area contributed by atoms with E-state index in [2.05, 4.69) is 23.6 Å². The number of fused-ring (bicyclic) bond motifs is 1. The molecule has 2 amide bonds. The van der Waals surface area contributed by atoms with Crippen LogP contribution in [0.15, 0.2) is 24.3 Å². The minimum Gasteiger partial charge on any atom is -0.488 e. The molecule has 0 fully saturated rings. The molecule has 3 atom stereocenters. The van der Waals surface area contributed by atoms with Crippen molar-refractivity contribution in [3.05, 3.63) is 29.8 Å². The van der Waals surface area contributed by atoms with Crippen molar-refractivity contribution in [3.63, 3.8) is 0 Å². The van der Waals surface area contributed by atoms with E-state index in [1.807, 2.05) is 45.9 Å². The SMILES string of the molecule is CC(C)C(NC(=O)NC[C@@H]1Oc2ccccc2[C@@H]1C)C(C)(C)CO. The van der Waals surface area contributed by atoms with Crippen LogP contribution >= 0.6 is 0 Å². The molecule has 0 saturated carbocycles. The molecule has 5 nitrogen and oxygen atoms in total. The third-order valence-electron chi connectivity index (χ3n) is 4.91. The summed E-state index contributed by atoms with van der Waals surface area (Å²) in [6, 6.07) is 7.66. The van der Waals surface area contributed by atoms with Gasteiger partial charge in [-0.1, -0.05) is 52.8 Å². The van der Waals surface area contributed by atoms with Gasteiger partial charge in [0, 0.05) is 22.9 Å². The quantitative estimate of drug-likeness (QED) is 0.749. The summed E-state index contributed by atoms with van der Waals surface area (Å²) in [5.74, 6) is 1.37. The van der Waals surface area contributed by atoms with E-state index in [-0.39, 0.29) is 42.0 Å². The van der Waals surface area contributed by atoms with Gasteiger partial charge in [-0.15, -0.1) is 0 Å². The number of urea groups is 1. The summed E-state index contributed by atoms with van der Waals surface area (Å²) < 4.78 is 5.93. The monoisotopic (exact) mass is 334 g/mol. The first kappa shape index (κ1) is 18.6. The normalized spacial score (nSPS) is 21.1. The molecule has 3 N–H and O–H groups in total. The molecule has 1 aromatic carbocycles. The lowest BCUT2D eigenvalue weighted by Gasteiger charge is -2.36. The van der Waals surface area contributed by atoms with Crippen molar-refractivity contribution >= 4 is 6.03 Å². The number of carbonyl (C=O) groups excluding carboxylic acids is 1. The molecule has 0 bridgehead atoms. The molecule has 5 heteroatoms. The molecule has 2 rings (SSSR count). The van der Waals surface area contributed by atoms with E-state index in [1.165, 1.54) is 5.56 Å². The van der Waals surface area contributed by atoms with E-state index < -0.39 is 0 Å². The first-order chi connectivity index (χ1) is 11.3. The van der Waals surface area contributed by atoms with Crippen LogP contribution in [0.4, 0.5) is 4.79 Å². The van der Waals surface area contributed by atoms with Crippen LogP contribution in [0.5, 0.6) is 5.75 Å². The average molecular weight is 334 g/mol. The van der Waals surface area contributed by atoms with Crippen molar-refractivity contribution in [1.82, 2.24) is 10.6 Å². The maximum Gasteiger partial charge on any atom is 0.315 e. The highest BCUT2D eigenvalue weighted by Gasteiger charge is 2.34. The molecular formula is C19H30N2O3. The smallest absolute Gasteiger partial charge is 0.315 e. The second-order valence-electron chi connectivity index (χ2n) is 7.71. The summed E-state index contributed by atoms with van der Waals surface area (Å²) in [6.07, 6.45) is -0.0588. The zero-order valence-corrected chi connectivity index (χ0v) is 15.3. The number of hydrogen-bond donors (Lipinski definition) is 3. The second-order valence-corrected chi connectivity index (χ2v) is 7.71. The number of amides is 2. The van der Waals surface area contributed by atoms with Crippen LogP contribution in [-0.2, 0) is 0 Å². The van der Waals surface area contributed by atoms with Crippen molar-refractivity contribution in [2.75, 3.05) is 13.2 Å². The Labute approximate surface area is 144 Å². The average Bonchev–Trinajstić information content (AvgIpc) is 2.87. The summed E-state index contributed by atoms with van der Waals surface area (Å²) in [5, 5.41) is 15.5. The van der Waals surface area contributed by atoms with E-state index in [9.17, 15) is 9.90 Å². The van der Waals surface area contributed by atoms with Crippen LogP contribution in [0.3, 0.4) is 0 Å². The van der Waals surface area contributed by atoms with Gasteiger partial charge >= 0.3 is 6.03 Å². The molecule has 0 radical (unpaired) electrons. The zero-order chi connectivity index (χ0) is 17.9. The van der Waals surface area contributed by atoms with Crippen molar-refractivity contribution in [1.29, 1.82) is 0 Å². The van der Waals surface area contributed by atoms with Crippen molar-refractivity contribution in [2.24, 2.45) is 11.3 Å². The Balaban J connectivity index is 1.90. The van der Waals surface area contributed by atoms with Gasteiger partial charge in [0.15, 0.2) is 0 Å². The number of aliphatic hydroxyl groups excluding tert-OH is 1. The maximum absolute atomic E-state index is 12.3. The Kier molecular flexibility index (Phi) is 5.75. The van der Waals surface area contributed by atoms with Crippen LogP contribution in [0, 0.1) is 11.3 Å². The topological polar surface area (TPSA) is 70.6 Å². The Morgan fingerprint density at radius 3 is 2.58 bits per heavy atom. The van der Waals surface area contributed by atoms with Crippen molar-refractivity contribution in [3.8, 4) is 5.75 Å². The number of aliphatic hydroxyl groups is 1. The molecule has 1 aromatic rings. The lowest BCUT2D eigenvalue weighted by Crippen LogP contribution is -2.53. The number of hydrogen-bond acceptors (Lipinski definition) is 3. The van der Waals surface area contributed by atoms with Gasteiger partial charge in [-0.25, -0.2) is 4.79 Å². The van der Waals surface area contributed by atoms with Crippen LogP contribution in [0.25, 0.3) is 0 Å². The lowest BCUT2D eigenvalue weighted by atomic mass is 9.79. The highest BCUT2D eigenvalue weighted by atomic mass is 16.5. The highest BCUT2D eigenvalue weighted by Crippen LogP contribution is 2.37. The third kappa shape index (κ3) is 4.01. The molecule has 24 heavy (non-hydrogen) atoms. The van der Waals surface area contributed by atoms with Crippen LogP contribution in [0.1, 0.15) is 46.1 Å². The van der Waals surface area contributed by atoms with Gasteiger partial charge in [0.25, 0.3) is 0 Å². The Morgan fingerprint density at radius 2 is 2.00 bits per heavy atom. The fourth-order valence-corrected chi connectivity index (χ4v) is 3.40. The molecule has 0 aliphatic carbocycles. The van der Waals surface area contributed by atoms with Crippen molar-refractivity contribution in [2.45, 2.75) is 52.7 Å². The van der Waals surface area contributed by atoms with Crippen LogP contribution in [0.2, 0.25) is 0 Å². The minimum atomic E-state index is -0.376. The molecule has 0 spiro atoms. The fraction of sp³-hybridized carbons (Fsp3) is 0.632. The molecule has 134 valence electrons. The molecule has 0 aromatic heterocycles.